The second-order valence-corrected chi connectivity index (χ2v) is 4.06. The van der Waals surface area contributed by atoms with E-state index < -0.39 is 18.1 Å². The van der Waals surface area contributed by atoms with E-state index in [-0.39, 0.29) is 12.3 Å². The van der Waals surface area contributed by atoms with Crippen LogP contribution in [0.5, 0.6) is 5.75 Å². The van der Waals surface area contributed by atoms with Gasteiger partial charge in [-0.05, 0) is 30.7 Å². The number of carbonyl (C=O) groups excluding carboxylic acids is 2. The van der Waals surface area contributed by atoms with Crippen molar-refractivity contribution in [3.8, 4) is 5.75 Å². The van der Waals surface area contributed by atoms with Gasteiger partial charge >= 0.3 is 11.8 Å². The lowest BCUT2D eigenvalue weighted by Crippen LogP contribution is -2.40. The highest BCUT2D eigenvalue weighted by molar-refractivity contribution is 6.39. The number of aryl methyl sites for hydroxylation is 1. The average Bonchev–Trinajstić information content (AvgIpc) is 2.42. The molecule has 0 aliphatic rings. The van der Waals surface area contributed by atoms with E-state index in [0.717, 1.165) is 0 Å². The molecule has 3 N–H and O–H groups in total. The molecule has 0 atom stereocenters. The molecule has 110 valence electrons. The fraction of sp³-hybridized carbons (Fsp3) is 0.385. The normalized spacial score (nSPS) is 10.4. The van der Waals surface area contributed by atoms with Gasteiger partial charge in [0.05, 0.1) is 6.54 Å². The number of hydrogen-bond acceptors (Lipinski definition) is 5. The Morgan fingerprint density at radius 3 is 2.45 bits per heavy atom. The molecule has 0 saturated carbocycles. The Balaban J connectivity index is 2.55. The monoisotopic (exact) mass is 282 g/mol. The fourth-order valence-corrected chi connectivity index (χ4v) is 1.49. The Kier molecular flexibility index (Phi) is 5.95. The van der Waals surface area contributed by atoms with Gasteiger partial charge in [0, 0.05) is 19.9 Å². The summed E-state index contributed by atoms with van der Waals surface area (Å²) >= 11 is 0. The first-order chi connectivity index (χ1) is 9.47. The molecule has 0 fully saturated rings. The van der Waals surface area contributed by atoms with Gasteiger partial charge in [-0.2, -0.15) is 0 Å². The lowest BCUT2D eigenvalue weighted by molar-refractivity contribution is -0.139. The summed E-state index contributed by atoms with van der Waals surface area (Å²) in [4.78, 5) is 23.2. The van der Waals surface area contributed by atoms with E-state index in [1.165, 1.54) is 32.4 Å². The van der Waals surface area contributed by atoms with Gasteiger partial charge < -0.3 is 25.2 Å². The molecule has 0 aliphatic heterocycles. The molecular weight excluding hydrogens is 264 g/mol. The summed E-state index contributed by atoms with van der Waals surface area (Å²) < 4.78 is 9.77. The smallest absolute Gasteiger partial charge is 0.313 e. The highest BCUT2D eigenvalue weighted by atomic mass is 16.7. The van der Waals surface area contributed by atoms with Gasteiger partial charge in [0.25, 0.3) is 0 Å². The molecule has 0 radical (unpaired) electrons. The zero-order valence-electron chi connectivity index (χ0n) is 11.6. The molecule has 1 aromatic rings. The van der Waals surface area contributed by atoms with Crippen molar-refractivity contribution in [2.75, 3.05) is 26.1 Å². The first kappa shape index (κ1) is 15.9. The standard InChI is InChI=1S/C13H18N2O5/c1-8-6-9(16)4-5-10(8)15-13(18)12(17)14-7-11(19-2)20-3/h4-6,11,16H,7H2,1-3H3,(H,14,17)(H,15,18). The third-order valence-corrected chi connectivity index (χ3v) is 2.62. The summed E-state index contributed by atoms with van der Waals surface area (Å²) in [6.07, 6.45) is -0.609. The van der Waals surface area contributed by atoms with Crippen molar-refractivity contribution < 1.29 is 24.2 Å². The van der Waals surface area contributed by atoms with Crippen molar-refractivity contribution in [3.05, 3.63) is 23.8 Å². The zero-order valence-corrected chi connectivity index (χ0v) is 11.6. The molecule has 1 rings (SSSR count). The predicted octanol–water partition coefficient (Wildman–Crippen LogP) is 0.374. The molecular formula is C13H18N2O5. The minimum absolute atomic E-state index is 0.0633. The van der Waals surface area contributed by atoms with E-state index in [2.05, 4.69) is 10.6 Å². The van der Waals surface area contributed by atoms with Crippen LogP contribution in [0.25, 0.3) is 0 Å². The molecule has 0 saturated heterocycles. The number of phenolic OH excluding ortho intramolecular Hbond substituents is 1. The van der Waals surface area contributed by atoms with Gasteiger partial charge in [-0.15, -0.1) is 0 Å². The Hall–Kier alpha value is -2.12. The molecule has 20 heavy (non-hydrogen) atoms. The quantitative estimate of drug-likeness (QED) is 0.412. The third-order valence-electron chi connectivity index (χ3n) is 2.62. The van der Waals surface area contributed by atoms with Crippen LogP contribution in [0.4, 0.5) is 5.69 Å². The second kappa shape index (κ2) is 7.46. The van der Waals surface area contributed by atoms with E-state index in [1.807, 2.05) is 0 Å². The number of methoxy groups -OCH3 is 2. The Morgan fingerprint density at radius 1 is 1.25 bits per heavy atom. The van der Waals surface area contributed by atoms with Crippen LogP contribution in [-0.2, 0) is 19.1 Å². The van der Waals surface area contributed by atoms with Crippen LogP contribution in [0, 0.1) is 6.92 Å². The van der Waals surface area contributed by atoms with Crippen molar-refractivity contribution in [1.29, 1.82) is 0 Å². The Labute approximate surface area is 116 Å². The van der Waals surface area contributed by atoms with Crippen molar-refractivity contribution in [2.24, 2.45) is 0 Å². The zero-order chi connectivity index (χ0) is 15.1. The lowest BCUT2D eigenvalue weighted by atomic mass is 10.2. The van der Waals surface area contributed by atoms with Crippen molar-refractivity contribution >= 4 is 17.5 Å². The molecule has 0 spiro atoms. The van der Waals surface area contributed by atoms with Gasteiger partial charge in [-0.25, -0.2) is 0 Å². The average molecular weight is 282 g/mol. The first-order valence-electron chi connectivity index (χ1n) is 5.92. The van der Waals surface area contributed by atoms with Gasteiger partial charge in [0.15, 0.2) is 6.29 Å². The highest BCUT2D eigenvalue weighted by Crippen LogP contribution is 2.19. The van der Waals surface area contributed by atoms with Crippen molar-refractivity contribution in [2.45, 2.75) is 13.2 Å². The van der Waals surface area contributed by atoms with Crippen molar-refractivity contribution in [1.82, 2.24) is 5.32 Å². The van der Waals surface area contributed by atoms with E-state index in [0.29, 0.717) is 11.3 Å². The first-order valence-corrected chi connectivity index (χ1v) is 5.92. The maximum Gasteiger partial charge on any atom is 0.313 e. The molecule has 7 heteroatoms. The lowest BCUT2D eigenvalue weighted by Gasteiger charge is -2.14. The Bertz CT molecular complexity index is 486. The van der Waals surface area contributed by atoms with Crippen LogP contribution in [-0.4, -0.2) is 44.0 Å². The van der Waals surface area contributed by atoms with Crippen LogP contribution in [0.1, 0.15) is 5.56 Å². The molecule has 7 nitrogen and oxygen atoms in total. The summed E-state index contributed by atoms with van der Waals surface area (Å²) in [7, 11) is 2.86. The molecule has 0 aliphatic carbocycles. The second-order valence-electron chi connectivity index (χ2n) is 4.06. The SMILES string of the molecule is COC(CNC(=O)C(=O)Nc1ccc(O)cc1C)OC. The fourth-order valence-electron chi connectivity index (χ4n) is 1.49. The van der Waals surface area contributed by atoms with Crippen LogP contribution in [0.3, 0.4) is 0 Å². The van der Waals surface area contributed by atoms with E-state index in [9.17, 15) is 14.7 Å². The molecule has 1 aromatic carbocycles. The molecule has 0 aromatic heterocycles. The van der Waals surface area contributed by atoms with Gasteiger partial charge in [-0.1, -0.05) is 0 Å². The van der Waals surface area contributed by atoms with E-state index in [4.69, 9.17) is 9.47 Å². The number of hydrogen-bond donors (Lipinski definition) is 3. The number of ether oxygens (including phenoxy) is 2. The molecule has 2 amide bonds. The van der Waals surface area contributed by atoms with Gasteiger partial charge in [0.1, 0.15) is 5.75 Å². The van der Waals surface area contributed by atoms with Crippen LogP contribution in [0.2, 0.25) is 0 Å². The predicted molar refractivity (Wildman–Crippen MR) is 72.3 cm³/mol. The maximum absolute atomic E-state index is 11.7. The third kappa shape index (κ3) is 4.52. The molecule has 0 unspecified atom stereocenters. The largest absolute Gasteiger partial charge is 0.508 e. The number of anilines is 1. The van der Waals surface area contributed by atoms with Crippen LogP contribution >= 0.6 is 0 Å². The van der Waals surface area contributed by atoms with Crippen molar-refractivity contribution in [3.63, 3.8) is 0 Å². The maximum atomic E-state index is 11.7. The summed E-state index contributed by atoms with van der Waals surface area (Å²) in [5.74, 6) is -1.51. The highest BCUT2D eigenvalue weighted by Gasteiger charge is 2.16. The molecule has 0 heterocycles. The summed E-state index contributed by atoms with van der Waals surface area (Å²) in [6, 6.07) is 4.43. The topological polar surface area (TPSA) is 96.9 Å². The van der Waals surface area contributed by atoms with Crippen LogP contribution in [0.15, 0.2) is 18.2 Å². The summed E-state index contributed by atoms with van der Waals surface area (Å²) in [6.45, 7) is 1.77. The van der Waals surface area contributed by atoms with Crippen LogP contribution < -0.4 is 10.6 Å². The van der Waals surface area contributed by atoms with E-state index >= 15 is 0 Å². The summed E-state index contributed by atoms with van der Waals surface area (Å²) in [5, 5.41) is 14.1. The number of carbonyl (C=O) groups is 2. The number of benzene rings is 1. The minimum Gasteiger partial charge on any atom is -0.508 e. The Morgan fingerprint density at radius 2 is 1.90 bits per heavy atom. The van der Waals surface area contributed by atoms with Gasteiger partial charge in [-0.3, -0.25) is 9.59 Å². The summed E-state index contributed by atoms with van der Waals surface area (Å²) in [5.41, 5.74) is 1.11. The number of aromatic hydroxyl groups is 1. The number of rotatable bonds is 5. The number of amides is 2. The van der Waals surface area contributed by atoms with Gasteiger partial charge in [0.2, 0.25) is 0 Å². The van der Waals surface area contributed by atoms with E-state index in [1.54, 1.807) is 6.92 Å². The minimum atomic E-state index is -0.801. The number of phenols is 1. The molecule has 0 bridgehead atoms. The number of nitrogens with one attached hydrogen (secondary N) is 2.